The molecule has 1 atom stereocenters. The Morgan fingerprint density at radius 2 is 2.09 bits per heavy atom. The zero-order valence-corrected chi connectivity index (χ0v) is 6.49. The highest BCUT2D eigenvalue weighted by Gasteiger charge is 2.42. The van der Waals surface area contributed by atoms with Gasteiger partial charge < -0.3 is 4.90 Å². The lowest BCUT2D eigenvalue weighted by Crippen LogP contribution is -2.27. The lowest BCUT2D eigenvalue weighted by atomic mass is 10.1. The zero-order chi connectivity index (χ0) is 8.48. The molecule has 1 saturated heterocycles. The summed E-state index contributed by atoms with van der Waals surface area (Å²) in [6.45, 7) is 3.41. The van der Waals surface area contributed by atoms with Crippen molar-refractivity contribution in [1.29, 1.82) is 0 Å². The van der Waals surface area contributed by atoms with Crippen LogP contribution in [0.2, 0.25) is 0 Å². The first-order chi connectivity index (χ1) is 5.04. The summed E-state index contributed by atoms with van der Waals surface area (Å²) >= 11 is 0. The first kappa shape index (κ1) is 8.84. The van der Waals surface area contributed by atoms with Gasteiger partial charge in [-0.25, -0.2) is 0 Å². The first-order valence-electron chi connectivity index (χ1n) is 3.83. The maximum Gasteiger partial charge on any atom is 0.393 e. The fourth-order valence-electron chi connectivity index (χ4n) is 1.39. The summed E-state index contributed by atoms with van der Waals surface area (Å²) in [4.78, 5) is 1.83. The topological polar surface area (TPSA) is 3.24 Å². The fraction of sp³-hybridized carbons (Fsp3) is 1.00. The first-order valence-corrected chi connectivity index (χ1v) is 3.83. The van der Waals surface area contributed by atoms with E-state index >= 15 is 0 Å². The summed E-state index contributed by atoms with van der Waals surface area (Å²) in [7, 11) is 0. The number of hydrogen-bond donors (Lipinski definition) is 0. The SMILES string of the molecule is CCN1CC[C@@H](C(F)(F)F)C1. The van der Waals surface area contributed by atoms with Crippen molar-refractivity contribution in [1.82, 2.24) is 4.90 Å². The van der Waals surface area contributed by atoms with E-state index in [-0.39, 0.29) is 13.0 Å². The van der Waals surface area contributed by atoms with Crippen molar-refractivity contribution in [3.63, 3.8) is 0 Å². The summed E-state index contributed by atoms with van der Waals surface area (Å²) in [5, 5.41) is 0. The molecule has 0 aromatic heterocycles. The number of likely N-dealkylation sites (tertiary alicyclic amines) is 1. The van der Waals surface area contributed by atoms with Gasteiger partial charge in [-0.15, -0.1) is 0 Å². The molecule has 0 aromatic rings. The van der Waals surface area contributed by atoms with Gasteiger partial charge in [0.05, 0.1) is 5.92 Å². The highest BCUT2D eigenvalue weighted by molar-refractivity contribution is 4.79. The molecule has 4 heteroatoms. The fourth-order valence-corrected chi connectivity index (χ4v) is 1.39. The molecule has 0 aliphatic carbocycles. The van der Waals surface area contributed by atoms with E-state index in [0.29, 0.717) is 6.54 Å². The molecule has 1 rings (SSSR count). The summed E-state index contributed by atoms with van der Waals surface area (Å²) in [5.41, 5.74) is 0. The number of hydrogen-bond acceptors (Lipinski definition) is 1. The average molecular weight is 167 g/mol. The molecule has 0 saturated carbocycles. The van der Waals surface area contributed by atoms with E-state index in [2.05, 4.69) is 0 Å². The van der Waals surface area contributed by atoms with Crippen molar-refractivity contribution < 1.29 is 13.2 Å². The highest BCUT2D eigenvalue weighted by Crippen LogP contribution is 2.32. The normalized spacial score (nSPS) is 27.8. The van der Waals surface area contributed by atoms with E-state index in [1.807, 2.05) is 11.8 Å². The van der Waals surface area contributed by atoms with Gasteiger partial charge in [-0.2, -0.15) is 13.2 Å². The monoisotopic (exact) mass is 167 g/mol. The van der Waals surface area contributed by atoms with Crippen molar-refractivity contribution in [2.75, 3.05) is 19.6 Å². The van der Waals surface area contributed by atoms with Crippen molar-refractivity contribution >= 4 is 0 Å². The van der Waals surface area contributed by atoms with Crippen LogP contribution in [0.4, 0.5) is 13.2 Å². The summed E-state index contributed by atoms with van der Waals surface area (Å²) in [5.74, 6) is -1.08. The van der Waals surface area contributed by atoms with Gasteiger partial charge in [0.2, 0.25) is 0 Å². The Kier molecular flexibility index (Phi) is 2.42. The smallest absolute Gasteiger partial charge is 0.303 e. The largest absolute Gasteiger partial charge is 0.393 e. The molecule has 1 nitrogen and oxygen atoms in total. The Morgan fingerprint density at radius 1 is 1.45 bits per heavy atom. The predicted molar refractivity (Wildman–Crippen MR) is 36.3 cm³/mol. The quantitative estimate of drug-likeness (QED) is 0.576. The van der Waals surface area contributed by atoms with Gasteiger partial charge in [-0.3, -0.25) is 0 Å². The Morgan fingerprint density at radius 3 is 2.36 bits per heavy atom. The minimum Gasteiger partial charge on any atom is -0.303 e. The molecule has 1 aliphatic rings. The standard InChI is InChI=1S/C7H12F3N/c1-2-11-4-3-6(5-11)7(8,9)10/h6H,2-5H2,1H3/t6-/m1/s1. The molecule has 0 spiro atoms. The molecule has 11 heavy (non-hydrogen) atoms. The van der Waals surface area contributed by atoms with E-state index in [4.69, 9.17) is 0 Å². The molecule has 0 N–H and O–H groups in total. The van der Waals surface area contributed by atoms with E-state index in [9.17, 15) is 13.2 Å². The van der Waals surface area contributed by atoms with Crippen LogP contribution in [0.3, 0.4) is 0 Å². The van der Waals surface area contributed by atoms with Gasteiger partial charge in [0.1, 0.15) is 0 Å². The van der Waals surface area contributed by atoms with Crippen molar-refractivity contribution in [3.05, 3.63) is 0 Å². The molecule has 1 heterocycles. The van der Waals surface area contributed by atoms with Crippen LogP contribution >= 0.6 is 0 Å². The summed E-state index contributed by atoms with van der Waals surface area (Å²) < 4.78 is 36.1. The van der Waals surface area contributed by atoms with E-state index in [0.717, 1.165) is 6.54 Å². The molecule has 0 bridgehead atoms. The van der Waals surface area contributed by atoms with Gasteiger partial charge in [-0.05, 0) is 19.5 Å². The van der Waals surface area contributed by atoms with E-state index in [1.165, 1.54) is 0 Å². The van der Waals surface area contributed by atoms with Gasteiger partial charge >= 0.3 is 6.18 Å². The number of halogens is 3. The number of alkyl halides is 3. The molecule has 0 aromatic carbocycles. The second-order valence-corrected chi connectivity index (χ2v) is 2.92. The van der Waals surface area contributed by atoms with Crippen molar-refractivity contribution in [2.45, 2.75) is 19.5 Å². The highest BCUT2D eigenvalue weighted by atomic mass is 19.4. The molecule has 0 unspecified atom stereocenters. The Balaban J connectivity index is 2.42. The van der Waals surface area contributed by atoms with Gasteiger partial charge in [0.15, 0.2) is 0 Å². The molecule has 0 amide bonds. The van der Waals surface area contributed by atoms with Crippen LogP contribution in [0.5, 0.6) is 0 Å². The van der Waals surface area contributed by atoms with Crippen molar-refractivity contribution in [2.24, 2.45) is 5.92 Å². The lowest BCUT2D eigenvalue weighted by Gasteiger charge is -2.15. The minimum absolute atomic E-state index is 0.194. The Labute approximate surface area is 64.2 Å². The third-order valence-electron chi connectivity index (χ3n) is 2.18. The Bertz CT molecular complexity index is 132. The van der Waals surface area contributed by atoms with E-state index < -0.39 is 12.1 Å². The maximum absolute atomic E-state index is 12.0. The second-order valence-electron chi connectivity index (χ2n) is 2.92. The van der Waals surface area contributed by atoms with Crippen LogP contribution in [-0.4, -0.2) is 30.7 Å². The average Bonchev–Trinajstić information content (AvgIpc) is 2.32. The van der Waals surface area contributed by atoms with Crippen LogP contribution in [0, 0.1) is 5.92 Å². The zero-order valence-electron chi connectivity index (χ0n) is 6.49. The molecule has 1 aliphatic heterocycles. The Hall–Kier alpha value is -0.250. The summed E-state index contributed by atoms with van der Waals surface area (Å²) in [6.07, 6.45) is -3.71. The van der Waals surface area contributed by atoms with Crippen LogP contribution < -0.4 is 0 Å². The third-order valence-corrected chi connectivity index (χ3v) is 2.18. The second kappa shape index (κ2) is 3.01. The third kappa shape index (κ3) is 2.09. The van der Waals surface area contributed by atoms with Gasteiger partial charge in [-0.1, -0.05) is 6.92 Å². The van der Waals surface area contributed by atoms with Crippen LogP contribution in [0.15, 0.2) is 0 Å². The minimum atomic E-state index is -3.98. The predicted octanol–water partition coefficient (Wildman–Crippen LogP) is 1.89. The van der Waals surface area contributed by atoms with Crippen LogP contribution in [-0.2, 0) is 0 Å². The molecule has 0 radical (unpaired) electrons. The van der Waals surface area contributed by atoms with Gasteiger partial charge in [0.25, 0.3) is 0 Å². The van der Waals surface area contributed by atoms with Crippen molar-refractivity contribution in [3.8, 4) is 0 Å². The molecular formula is C7H12F3N. The number of nitrogens with zero attached hydrogens (tertiary/aromatic N) is 1. The van der Waals surface area contributed by atoms with E-state index in [1.54, 1.807) is 0 Å². The molecular weight excluding hydrogens is 155 g/mol. The lowest BCUT2D eigenvalue weighted by molar-refractivity contribution is -0.170. The maximum atomic E-state index is 12.0. The van der Waals surface area contributed by atoms with Crippen LogP contribution in [0.1, 0.15) is 13.3 Å². The van der Waals surface area contributed by atoms with Gasteiger partial charge in [0, 0.05) is 6.54 Å². The molecule has 66 valence electrons. The summed E-state index contributed by atoms with van der Waals surface area (Å²) in [6, 6.07) is 0. The number of rotatable bonds is 1. The molecule has 1 fully saturated rings. The van der Waals surface area contributed by atoms with Crippen LogP contribution in [0.25, 0.3) is 0 Å².